The van der Waals surface area contributed by atoms with Crippen molar-refractivity contribution in [2.24, 2.45) is 0 Å². The molecule has 0 aliphatic rings. The van der Waals surface area contributed by atoms with Crippen LogP contribution in [0, 0.1) is 0 Å². The zero-order valence-corrected chi connectivity index (χ0v) is 11.0. The standard InChI is InChI=1S/C12H13F3O3S/c1-2-19-6-5-18-10-4-3-8(11(16)17)7-9(10)12(13,14)15/h3-4,7H,2,5-6H2,1H3,(H,16,17). The van der Waals surface area contributed by atoms with Crippen molar-refractivity contribution in [1.29, 1.82) is 0 Å². The van der Waals surface area contributed by atoms with Crippen LogP contribution in [0.15, 0.2) is 18.2 Å². The molecule has 1 rings (SSSR count). The Morgan fingerprint density at radius 2 is 2.11 bits per heavy atom. The van der Waals surface area contributed by atoms with Gasteiger partial charge in [-0.05, 0) is 24.0 Å². The highest BCUT2D eigenvalue weighted by Gasteiger charge is 2.35. The van der Waals surface area contributed by atoms with Gasteiger partial charge in [0.25, 0.3) is 0 Å². The Balaban J connectivity index is 2.93. The molecule has 0 unspecified atom stereocenters. The van der Waals surface area contributed by atoms with E-state index in [4.69, 9.17) is 9.84 Å². The zero-order valence-electron chi connectivity index (χ0n) is 10.2. The van der Waals surface area contributed by atoms with Gasteiger partial charge < -0.3 is 9.84 Å². The number of carboxylic acids is 1. The Kier molecular flexibility index (Phi) is 5.53. The number of alkyl halides is 3. The minimum Gasteiger partial charge on any atom is -0.492 e. The highest BCUT2D eigenvalue weighted by atomic mass is 32.2. The van der Waals surface area contributed by atoms with Gasteiger partial charge in [0.2, 0.25) is 0 Å². The van der Waals surface area contributed by atoms with Crippen LogP contribution in [0.3, 0.4) is 0 Å². The molecule has 1 N–H and O–H groups in total. The maximum Gasteiger partial charge on any atom is 0.419 e. The fourth-order valence-electron chi connectivity index (χ4n) is 1.37. The second kappa shape index (κ2) is 6.70. The van der Waals surface area contributed by atoms with Gasteiger partial charge in [-0.15, -0.1) is 0 Å². The van der Waals surface area contributed by atoms with E-state index in [1.54, 1.807) is 11.8 Å². The first-order valence-electron chi connectivity index (χ1n) is 5.51. The van der Waals surface area contributed by atoms with Gasteiger partial charge >= 0.3 is 12.1 Å². The van der Waals surface area contributed by atoms with Gasteiger partial charge in [0, 0.05) is 5.75 Å². The van der Waals surface area contributed by atoms with Gasteiger partial charge in [-0.2, -0.15) is 24.9 Å². The average molecular weight is 294 g/mol. The van der Waals surface area contributed by atoms with Crippen molar-refractivity contribution in [2.75, 3.05) is 18.1 Å². The number of aromatic carboxylic acids is 1. The molecular formula is C12H13F3O3S. The molecule has 0 radical (unpaired) electrons. The van der Waals surface area contributed by atoms with Crippen molar-refractivity contribution >= 4 is 17.7 Å². The second-order valence-electron chi connectivity index (χ2n) is 3.56. The second-order valence-corrected chi connectivity index (χ2v) is 4.95. The molecule has 0 fully saturated rings. The van der Waals surface area contributed by atoms with Crippen LogP contribution in [0.5, 0.6) is 5.75 Å². The quantitative estimate of drug-likeness (QED) is 0.815. The van der Waals surface area contributed by atoms with E-state index in [1.807, 2.05) is 6.92 Å². The summed E-state index contributed by atoms with van der Waals surface area (Å²) in [5.41, 5.74) is -1.48. The fourth-order valence-corrected chi connectivity index (χ4v) is 1.86. The van der Waals surface area contributed by atoms with E-state index >= 15 is 0 Å². The summed E-state index contributed by atoms with van der Waals surface area (Å²) in [5, 5.41) is 8.70. The predicted octanol–water partition coefficient (Wildman–Crippen LogP) is 3.54. The van der Waals surface area contributed by atoms with Crippen LogP contribution in [0.2, 0.25) is 0 Å². The van der Waals surface area contributed by atoms with E-state index < -0.39 is 23.3 Å². The van der Waals surface area contributed by atoms with Crippen molar-refractivity contribution in [3.8, 4) is 5.75 Å². The molecule has 0 aliphatic heterocycles. The van der Waals surface area contributed by atoms with Crippen LogP contribution in [0.1, 0.15) is 22.8 Å². The summed E-state index contributed by atoms with van der Waals surface area (Å²) in [5.74, 6) is -0.310. The number of thioether (sulfide) groups is 1. The molecule has 3 nitrogen and oxygen atoms in total. The number of halogens is 3. The molecule has 19 heavy (non-hydrogen) atoms. The van der Waals surface area contributed by atoms with Crippen LogP contribution in [0.4, 0.5) is 13.2 Å². The molecule has 0 atom stereocenters. The first-order chi connectivity index (χ1) is 8.86. The fraction of sp³-hybridized carbons (Fsp3) is 0.417. The van der Waals surface area contributed by atoms with Gasteiger partial charge in [0.1, 0.15) is 5.75 Å². The van der Waals surface area contributed by atoms with Crippen molar-refractivity contribution in [3.63, 3.8) is 0 Å². The van der Waals surface area contributed by atoms with Crippen molar-refractivity contribution in [2.45, 2.75) is 13.1 Å². The van der Waals surface area contributed by atoms with E-state index in [-0.39, 0.29) is 12.4 Å². The summed E-state index contributed by atoms with van der Waals surface area (Å²) >= 11 is 1.55. The SMILES string of the molecule is CCSCCOc1ccc(C(=O)O)cc1C(F)(F)F. The summed E-state index contributed by atoms with van der Waals surface area (Å²) in [6, 6.07) is 2.73. The molecule has 0 bridgehead atoms. The van der Waals surface area contributed by atoms with Gasteiger partial charge in [-0.1, -0.05) is 6.92 Å². The largest absolute Gasteiger partial charge is 0.492 e. The molecule has 0 saturated carbocycles. The molecule has 1 aromatic rings. The number of carbonyl (C=O) groups is 1. The Bertz CT molecular complexity index is 446. The maximum absolute atomic E-state index is 12.8. The van der Waals surface area contributed by atoms with E-state index in [2.05, 4.69) is 0 Å². The number of hydrogen-bond donors (Lipinski definition) is 1. The molecule has 1 aromatic carbocycles. The van der Waals surface area contributed by atoms with E-state index in [0.29, 0.717) is 11.8 Å². The Labute approximate surface area is 112 Å². The Hall–Kier alpha value is -1.37. The third kappa shape index (κ3) is 4.66. The smallest absolute Gasteiger partial charge is 0.419 e. The lowest BCUT2D eigenvalue weighted by Gasteiger charge is -2.14. The molecule has 0 aromatic heterocycles. The van der Waals surface area contributed by atoms with Crippen LogP contribution >= 0.6 is 11.8 Å². The third-order valence-corrected chi connectivity index (χ3v) is 3.08. The normalized spacial score (nSPS) is 11.4. The summed E-state index contributed by atoms with van der Waals surface area (Å²) in [4.78, 5) is 10.7. The lowest BCUT2D eigenvalue weighted by molar-refractivity contribution is -0.138. The lowest BCUT2D eigenvalue weighted by Crippen LogP contribution is -2.12. The third-order valence-electron chi connectivity index (χ3n) is 2.22. The summed E-state index contributed by atoms with van der Waals surface area (Å²) in [6.45, 7) is 2.08. The van der Waals surface area contributed by atoms with E-state index in [0.717, 1.165) is 17.9 Å². The molecule has 0 heterocycles. The topological polar surface area (TPSA) is 46.5 Å². The van der Waals surface area contributed by atoms with Crippen LogP contribution in [-0.4, -0.2) is 29.2 Å². The molecule has 0 saturated heterocycles. The molecule has 7 heteroatoms. The molecule has 0 spiro atoms. The van der Waals surface area contributed by atoms with Gasteiger partial charge in [0.05, 0.1) is 17.7 Å². The lowest BCUT2D eigenvalue weighted by atomic mass is 10.1. The van der Waals surface area contributed by atoms with Crippen molar-refractivity contribution < 1.29 is 27.8 Å². The first-order valence-corrected chi connectivity index (χ1v) is 6.66. The summed E-state index contributed by atoms with van der Waals surface area (Å²) < 4.78 is 43.4. The monoisotopic (exact) mass is 294 g/mol. The first kappa shape index (κ1) is 15.7. The van der Waals surface area contributed by atoms with E-state index in [9.17, 15) is 18.0 Å². The summed E-state index contributed by atoms with van der Waals surface area (Å²) in [6.07, 6.45) is -4.64. The predicted molar refractivity (Wildman–Crippen MR) is 66.9 cm³/mol. The van der Waals surface area contributed by atoms with Crippen LogP contribution < -0.4 is 4.74 Å². The number of ether oxygens (including phenoxy) is 1. The molecule has 106 valence electrons. The highest BCUT2D eigenvalue weighted by molar-refractivity contribution is 7.99. The zero-order chi connectivity index (χ0) is 14.5. The number of benzene rings is 1. The van der Waals surface area contributed by atoms with Gasteiger partial charge in [-0.3, -0.25) is 0 Å². The summed E-state index contributed by atoms with van der Waals surface area (Å²) in [7, 11) is 0. The number of hydrogen-bond acceptors (Lipinski definition) is 3. The van der Waals surface area contributed by atoms with Gasteiger partial charge in [0.15, 0.2) is 0 Å². The molecule has 0 aliphatic carbocycles. The number of carboxylic acid groups (broad SMARTS) is 1. The average Bonchev–Trinajstić information content (AvgIpc) is 2.33. The Morgan fingerprint density at radius 3 is 2.63 bits per heavy atom. The van der Waals surface area contributed by atoms with Crippen LogP contribution in [-0.2, 0) is 6.18 Å². The van der Waals surface area contributed by atoms with Crippen molar-refractivity contribution in [3.05, 3.63) is 29.3 Å². The molecular weight excluding hydrogens is 281 g/mol. The van der Waals surface area contributed by atoms with Crippen molar-refractivity contribution in [1.82, 2.24) is 0 Å². The number of rotatable bonds is 6. The minimum absolute atomic E-state index is 0.147. The molecule has 0 amide bonds. The Morgan fingerprint density at radius 1 is 1.42 bits per heavy atom. The highest BCUT2D eigenvalue weighted by Crippen LogP contribution is 2.36. The van der Waals surface area contributed by atoms with Gasteiger partial charge in [-0.25, -0.2) is 4.79 Å². The minimum atomic E-state index is -4.64. The van der Waals surface area contributed by atoms with Crippen LogP contribution in [0.25, 0.3) is 0 Å². The maximum atomic E-state index is 12.8. The van der Waals surface area contributed by atoms with E-state index in [1.165, 1.54) is 0 Å².